The molecule has 0 radical (unpaired) electrons. The third-order valence-corrected chi connectivity index (χ3v) is 4.42. The summed E-state index contributed by atoms with van der Waals surface area (Å²) in [5, 5.41) is 5.99. The van der Waals surface area contributed by atoms with Gasteiger partial charge >= 0.3 is 0 Å². The Balaban J connectivity index is 1.93. The van der Waals surface area contributed by atoms with Gasteiger partial charge in [0.1, 0.15) is 0 Å². The summed E-state index contributed by atoms with van der Waals surface area (Å²) in [6.07, 6.45) is 3.74. The van der Waals surface area contributed by atoms with Crippen LogP contribution in [-0.2, 0) is 0 Å². The van der Waals surface area contributed by atoms with Gasteiger partial charge in [0, 0.05) is 38.6 Å². The van der Waals surface area contributed by atoms with Crippen LogP contribution in [0.25, 0.3) is 10.8 Å². The van der Waals surface area contributed by atoms with Gasteiger partial charge in [0.25, 0.3) is 0 Å². The normalized spacial score (nSPS) is 12.5. The van der Waals surface area contributed by atoms with Crippen molar-refractivity contribution in [3.8, 4) is 0 Å². The summed E-state index contributed by atoms with van der Waals surface area (Å²) < 4.78 is 0. The smallest absolute Gasteiger partial charge is 0.0578 e. The Morgan fingerprint density at radius 3 is 2.84 bits per heavy atom. The summed E-state index contributed by atoms with van der Waals surface area (Å²) in [6.45, 7) is 4.34. The molecule has 1 atom stereocenters. The third kappa shape index (κ3) is 2.47. The van der Waals surface area contributed by atoms with Crippen molar-refractivity contribution in [1.82, 2.24) is 4.98 Å². The lowest BCUT2D eigenvalue weighted by Gasteiger charge is -2.15. The first-order valence-corrected chi connectivity index (χ1v) is 7.21. The summed E-state index contributed by atoms with van der Waals surface area (Å²) >= 11 is 1.85. The molecule has 0 saturated heterocycles. The van der Waals surface area contributed by atoms with E-state index >= 15 is 0 Å². The molecule has 0 aliphatic carbocycles. The molecule has 3 heteroatoms. The van der Waals surface area contributed by atoms with Crippen LogP contribution < -0.4 is 5.32 Å². The Kier molecular flexibility index (Phi) is 3.22. The van der Waals surface area contributed by atoms with Crippen molar-refractivity contribution < 1.29 is 0 Å². The van der Waals surface area contributed by atoms with Crippen molar-refractivity contribution in [2.24, 2.45) is 0 Å². The number of aryl methyl sites for hydroxylation is 1. The van der Waals surface area contributed by atoms with Crippen LogP contribution >= 0.6 is 11.3 Å². The van der Waals surface area contributed by atoms with Gasteiger partial charge in [0.2, 0.25) is 0 Å². The Morgan fingerprint density at radius 1 is 1.16 bits per heavy atom. The lowest BCUT2D eigenvalue weighted by Crippen LogP contribution is -2.05. The molecule has 2 nitrogen and oxygen atoms in total. The molecule has 3 aromatic rings. The molecule has 96 valence electrons. The van der Waals surface area contributed by atoms with E-state index in [1.54, 1.807) is 0 Å². The molecular weight excluding hydrogens is 252 g/mol. The van der Waals surface area contributed by atoms with E-state index in [1.807, 2.05) is 23.7 Å². The molecule has 0 fully saturated rings. The van der Waals surface area contributed by atoms with Crippen LogP contribution in [0.15, 0.2) is 48.8 Å². The van der Waals surface area contributed by atoms with E-state index in [0.29, 0.717) is 6.04 Å². The van der Waals surface area contributed by atoms with E-state index in [0.717, 1.165) is 0 Å². The zero-order valence-corrected chi connectivity index (χ0v) is 11.9. The van der Waals surface area contributed by atoms with Crippen molar-refractivity contribution in [3.63, 3.8) is 0 Å². The molecule has 0 aliphatic rings. The van der Waals surface area contributed by atoms with Crippen molar-refractivity contribution in [1.29, 1.82) is 0 Å². The SMILES string of the molecule is Cc1ccc(C(C)Nc2cccc3cnccc23)s1. The third-order valence-electron chi connectivity index (χ3n) is 3.24. The number of rotatable bonds is 3. The van der Waals surface area contributed by atoms with Crippen molar-refractivity contribution >= 4 is 27.8 Å². The molecule has 19 heavy (non-hydrogen) atoms. The summed E-state index contributed by atoms with van der Waals surface area (Å²) in [5.74, 6) is 0. The minimum absolute atomic E-state index is 0.317. The van der Waals surface area contributed by atoms with Crippen LogP contribution in [0.5, 0.6) is 0 Å². The van der Waals surface area contributed by atoms with Gasteiger partial charge in [0.05, 0.1) is 6.04 Å². The zero-order chi connectivity index (χ0) is 13.2. The van der Waals surface area contributed by atoms with E-state index in [-0.39, 0.29) is 0 Å². The zero-order valence-electron chi connectivity index (χ0n) is 11.1. The fourth-order valence-corrected chi connectivity index (χ4v) is 3.12. The van der Waals surface area contributed by atoms with Gasteiger partial charge in [0.15, 0.2) is 0 Å². The van der Waals surface area contributed by atoms with Crippen LogP contribution in [0.3, 0.4) is 0 Å². The molecule has 0 amide bonds. The van der Waals surface area contributed by atoms with Gasteiger partial charge < -0.3 is 5.32 Å². The standard InChI is InChI=1S/C16H16N2S/c1-11-6-7-16(19-11)12(2)18-15-5-3-4-13-10-17-9-8-14(13)15/h3-10,12,18H,1-2H3. The highest BCUT2D eigenvalue weighted by Gasteiger charge is 2.09. The average Bonchev–Trinajstić information content (AvgIpc) is 2.86. The maximum Gasteiger partial charge on any atom is 0.0578 e. The lowest BCUT2D eigenvalue weighted by atomic mass is 10.1. The van der Waals surface area contributed by atoms with Crippen LogP contribution in [0.4, 0.5) is 5.69 Å². The maximum absolute atomic E-state index is 4.17. The Bertz CT molecular complexity index is 697. The molecule has 2 aromatic heterocycles. The van der Waals surface area contributed by atoms with E-state index in [9.17, 15) is 0 Å². The maximum atomic E-state index is 4.17. The van der Waals surface area contributed by atoms with Gasteiger partial charge in [-0.3, -0.25) is 4.98 Å². The second kappa shape index (κ2) is 5.02. The highest BCUT2D eigenvalue weighted by atomic mass is 32.1. The first-order valence-electron chi connectivity index (χ1n) is 6.39. The molecule has 0 bridgehead atoms. The van der Waals surface area contributed by atoms with Gasteiger partial charge in [-0.1, -0.05) is 12.1 Å². The number of hydrogen-bond donors (Lipinski definition) is 1. The van der Waals surface area contributed by atoms with Crippen molar-refractivity contribution in [2.75, 3.05) is 5.32 Å². The van der Waals surface area contributed by atoms with Gasteiger partial charge in [-0.2, -0.15) is 0 Å². The van der Waals surface area contributed by atoms with E-state index in [1.165, 1.54) is 26.2 Å². The van der Waals surface area contributed by atoms with E-state index in [4.69, 9.17) is 0 Å². The Morgan fingerprint density at radius 2 is 2.05 bits per heavy atom. The second-order valence-corrected chi connectivity index (χ2v) is 6.04. The molecule has 1 N–H and O–H groups in total. The van der Waals surface area contributed by atoms with Gasteiger partial charge in [-0.05, 0) is 38.1 Å². The topological polar surface area (TPSA) is 24.9 Å². The number of anilines is 1. The number of aromatic nitrogens is 1. The highest BCUT2D eigenvalue weighted by molar-refractivity contribution is 7.12. The predicted octanol–water partition coefficient (Wildman–Crippen LogP) is 4.78. The average molecular weight is 268 g/mol. The highest BCUT2D eigenvalue weighted by Crippen LogP contribution is 2.29. The first kappa shape index (κ1) is 12.2. The van der Waals surface area contributed by atoms with Crippen molar-refractivity contribution in [2.45, 2.75) is 19.9 Å². The monoisotopic (exact) mass is 268 g/mol. The second-order valence-electron chi connectivity index (χ2n) is 4.72. The molecule has 0 saturated carbocycles. The molecule has 3 rings (SSSR count). The minimum Gasteiger partial charge on any atom is -0.377 e. The molecule has 0 spiro atoms. The van der Waals surface area contributed by atoms with Gasteiger partial charge in [-0.25, -0.2) is 0 Å². The van der Waals surface area contributed by atoms with Gasteiger partial charge in [-0.15, -0.1) is 11.3 Å². The number of pyridine rings is 1. The fraction of sp³-hybridized carbons (Fsp3) is 0.188. The largest absolute Gasteiger partial charge is 0.377 e. The fourth-order valence-electron chi connectivity index (χ4n) is 2.24. The Hall–Kier alpha value is -1.87. The number of nitrogens with one attached hydrogen (secondary N) is 1. The summed E-state index contributed by atoms with van der Waals surface area (Å²) in [7, 11) is 0. The lowest BCUT2D eigenvalue weighted by molar-refractivity contribution is 0.910. The van der Waals surface area contributed by atoms with Crippen LogP contribution in [0.2, 0.25) is 0 Å². The number of nitrogens with zero attached hydrogens (tertiary/aromatic N) is 1. The predicted molar refractivity (Wildman–Crippen MR) is 82.8 cm³/mol. The quantitative estimate of drug-likeness (QED) is 0.739. The molecular formula is C16H16N2S. The number of thiophene rings is 1. The molecule has 0 aliphatic heterocycles. The summed E-state index contributed by atoms with van der Waals surface area (Å²) in [4.78, 5) is 6.89. The summed E-state index contributed by atoms with van der Waals surface area (Å²) in [6, 6.07) is 13.0. The summed E-state index contributed by atoms with van der Waals surface area (Å²) in [5.41, 5.74) is 1.17. The van der Waals surface area contributed by atoms with E-state index < -0.39 is 0 Å². The minimum atomic E-state index is 0.317. The van der Waals surface area contributed by atoms with Crippen LogP contribution in [0.1, 0.15) is 22.7 Å². The van der Waals surface area contributed by atoms with Crippen LogP contribution in [0, 0.1) is 6.92 Å². The molecule has 1 unspecified atom stereocenters. The Labute approximate surface area is 117 Å². The number of fused-ring (bicyclic) bond motifs is 1. The molecule has 1 aromatic carbocycles. The number of benzene rings is 1. The van der Waals surface area contributed by atoms with Crippen molar-refractivity contribution in [3.05, 3.63) is 58.5 Å². The van der Waals surface area contributed by atoms with Crippen LogP contribution in [-0.4, -0.2) is 4.98 Å². The first-order chi connectivity index (χ1) is 9.24. The molecule has 2 heterocycles. The number of hydrogen-bond acceptors (Lipinski definition) is 3. The van der Waals surface area contributed by atoms with E-state index in [2.05, 4.69) is 60.5 Å².